The molecule has 1 N–H and O–H groups in total. The van der Waals surface area contributed by atoms with E-state index < -0.39 is 58.1 Å². The standard InChI is InChI=1S/C35H41N5O9S/c1-21(2)50(45,46)25-16-14-24(15-17-25)27-19-36-30(40(32(43)47-34(3,4)5)33(44)48-35(6,7)8)29(37-27)28-18-26(38-49-28)23-12-10-22(11-13-23)20-39(9)31(41)42/h10-19,21H,20H2,1-9H3,(H,41,42)/i9D3. The third kappa shape index (κ3) is 9.02. The van der Waals surface area contributed by atoms with Gasteiger partial charge in [-0.1, -0.05) is 41.6 Å². The number of benzene rings is 2. The number of rotatable bonds is 8. The first-order chi connectivity index (χ1) is 24.4. The molecule has 50 heavy (non-hydrogen) atoms. The molecule has 0 aliphatic heterocycles. The fraction of sp³-hybridized carbons (Fsp3) is 0.371. The smallest absolute Gasteiger partial charge is 0.425 e. The Balaban J connectivity index is 1.84. The number of sulfone groups is 1. The van der Waals surface area contributed by atoms with E-state index in [2.05, 4.69) is 10.1 Å². The molecule has 0 saturated heterocycles. The predicted octanol–water partition coefficient (Wildman–Crippen LogP) is 7.43. The van der Waals surface area contributed by atoms with Crippen molar-refractivity contribution in [2.24, 2.45) is 0 Å². The van der Waals surface area contributed by atoms with Crippen LogP contribution in [0.3, 0.4) is 0 Å². The Labute approximate surface area is 295 Å². The van der Waals surface area contributed by atoms with Crippen molar-refractivity contribution in [3.05, 3.63) is 66.4 Å². The second-order valence-corrected chi connectivity index (χ2v) is 16.0. The van der Waals surface area contributed by atoms with Crippen LogP contribution < -0.4 is 4.90 Å². The molecule has 2 aromatic heterocycles. The van der Waals surface area contributed by atoms with Gasteiger partial charge in [0, 0.05) is 34.8 Å². The van der Waals surface area contributed by atoms with Crippen molar-refractivity contribution in [2.75, 3.05) is 11.9 Å². The minimum atomic E-state index is -3.56. The second kappa shape index (κ2) is 14.3. The molecule has 266 valence electrons. The summed E-state index contributed by atoms with van der Waals surface area (Å²) in [6.07, 6.45) is -2.53. The minimum Gasteiger partial charge on any atom is -0.465 e. The van der Waals surface area contributed by atoms with E-state index in [1.165, 1.54) is 36.5 Å². The molecule has 0 fully saturated rings. The summed E-state index contributed by atoms with van der Waals surface area (Å²) in [6.45, 7) is 9.61. The molecule has 0 atom stereocenters. The lowest BCUT2D eigenvalue weighted by molar-refractivity contribution is 0.0428. The van der Waals surface area contributed by atoms with Gasteiger partial charge in [-0.25, -0.2) is 32.8 Å². The van der Waals surface area contributed by atoms with Crippen LogP contribution in [-0.2, 0) is 25.9 Å². The van der Waals surface area contributed by atoms with Crippen molar-refractivity contribution < 1.29 is 46.0 Å². The number of aromatic nitrogens is 3. The second-order valence-electron chi connectivity index (χ2n) is 13.5. The van der Waals surface area contributed by atoms with E-state index in [9.17, 15) is 27.9 Å². The van der Waals surface area contributed by atoms with Crippen LogP contribution in [0.2, 0.25) is 0 Å². The Bertz CT molecular complexity index is 2060. The van der Waals surface area contributed by atoms with Crippen molar-refractivity contribution in [3.63, 3.8) is 0 Å². The monoisotopic (exact) mass is 710 g/mol. The number of amides is 3. The molecule has 0 bridgehead atoms. The van der Waals surface area contributed by atoms with E-state index in [4.69, 9.17) is 23.1 Å². The number of carbonyl (C=O) groups excluding carboxylic acids is 2. The van der Waals surface area contributed by atoms with E-state index in [0.717, 1.165) is 0 Å². The Morgan fingerprint density at radius 1 is 0.900 bits per heavy atom. The number of nitrogens with zero attached hydrogens (tertiary/aromatic N) is 5. The van der Waals surface area contributed by atoms with E-state index >= 15 is 0 Å². The summed E-state index contributed by atoms with van der Waals surface area (Å²) in [5.41, 5.74) is -0.346. The van der Waals surface area contributed by atoms with Crippen LogP contribution in [0, 0.1) is 0 Å². The van der Waals surface area contributed by atoms with Gasteiger partial charge in [0.15, 0.2) is 27.1 Å². The Hall–Kier alpha value is -5.31. The summed E-state index contributed by atoms with van der Waals surface area (Å²) < 4.78 is 64.7. The van der Waals surface area contributed by atoms with Crippen LogP contribution in [-0.4, -0.2) is 75.3 Å². The Kier molecular flexibility index (Phi) is 9.48. The van der Waals surface area contributed by atoms with E-state index in [-0.39, 0.29) is 33.6 Å². The first kappa shape index (κ1) is 33.2. The highest BCUT2D eigenvalue weighted by Crippen LogP contribution is 2.35. The van der Waals surface area contributed by atoms with Gasteiger partial charge in [-0.3, -0.25) is 0 Å². The number of hydrogen-bond acceptors (Lipinski definition) is 11. The van der Waals surface area contributed by atoms with Gasteiger partial charge in [0.1, 0.15) is 16.9 Å². The number of carbonyl (C=O) groups is 3. The van der Waals surface area contributed by atoms with Crippen LogP contribution in [0.5, 0.6) is 0 Å². The van der Waals surface area contributed by atoms with Gasteiger partial charge in [0.25, 0.3) is 0 Å². The van der Waals surface area contributed by atoms with Gasteiger partial charge in [-0.15, -0.1) is 0 Å². The van der Waals surface area contributed by atoms with Crippen LogP contribution in [0.1, 0.15) is 65.1 Å². The number of anilines is 1. The molecular formula is C35H41N5O9S. The molecule has 14 nitrogen and oxygen atoms in total. The lowest BCUT2D eigenvalue weighted by Crippen LogP contribution is -2.44. The zero-order valence-corrected chi connectivity index (χ0v) is 29.7. The molecule has 3 amide bonds. The van der Waals surface area contributed by atoms with Crippen molar-refractivity contribution >= 4 is 33.9 Å². The van der Waals surface area contributed by atoms with Gasteiger partial charge < -0.3 is 24.0 Å². The molecule has 0 aliphatic carbocycles. The van der Waals surface area contributed by atoms with Gasteiger partial charge in [0.05, 0.1) is 22.0 Å². The molecule has 4 aromatic rings. The highest BCUT2D eigenvalue weighted by Gasteiger charge is 2.37. The maximum atomic E-state index is 13.6. The molecule has 0 unspecified atom stereocenters. The molecule has 15 heteroatoms. The van der Waals surface area contributed by atoms with Gasteiger partial charge in [-0.2, -0.15) is 4.90 Å². The molecule has 0 radical (unpaired) electrons. The SMILES string of the molecule is [2H]C([2H])([2H])N(Cc1ccc(-c2cc(-c3nc(-c4ccc(S(=O)(=O)C(C)C)cc4)cnc3N(C(=O)OC(C)(C)C)C(=O)OC(C)(C)C)on2)cc1)C(=O)O. The zero-order valence-electron chi connectivity index (χ0n) is 31.9. The Morgan fingerprint density at radius 3 is 1.94 bits per heavy atom. The minimum absolute atomic E-state index is 0.0380. The topological polar surface area (TPSA) is 182 Å². The van der Waals surface area contributed by atoms with Gasteiger partial charge in [0.2, 0.25) is 0 Å². The van der Waals surface area contributed by atoms with Gasteiger partial charge >= 0.3 is 18.3 Å². The maximum absolute atomic E-state index is 13.6. The highest BCUT2D eigenvalue weighted by molar-refractivity contribution is 7.92. The van der Waals surface area contributed by atoms with E-state index in [1.54, 1.807) is 79.7 Å². The van der Waals surface area contributed by atoms with Crippen LogP contribution in [0.15, 0.2) is 70.2 Å². The average Bonchev–Trinajstić information content (AvgIpc) is 3.52. The highest BCUT2D eigenvalue weighted by atomic mass is 32.2. The van der Waals surface area contributed by atoms with Crippen LogP contribution in [0.25, 0.3) is 34.0 Å². The van der Waals surface area contributed by atoms with E-state index in [1.807, 2.05) is 0 Å². The van der Waals surface area contributed by atoms with Gasteiger partial charge in [-0.05, 0) is 73.1 Å². The molecule has 4 rings (SSSR count). The number of ether oxygens (including phenoxy) is 2. The zero-order chi connectivity index (χ0) is 39.7. The first-order valence-corrected chi connectivity index (χ1v) is 17.0. The quantitative estimate of drug-likeness (QED) is 0.191. The van der Waals surface area contributed by atoms with Crippen molar-refractivity contribution in [1.29, 1.82) is 0 Å². The number of imide groups is 1. The molecule has 2 heterocycles. The lowest BCUT2D eigenvalue weighted by Gasteiger charge is -2.28. The first-order valence-electron chi connectivity index (χ1n) is 16.9. The molecular weight excluding hydrogens is 666 g/mol. The molecule has 0 saturated carbocycles. The number of carboxylic acid groups (broad SMARTS) is 1. The predicted molar refractivity (Wildman–Crippen MR) is 185 cm³/mol. The summed E-state index contributed by atoms with van der Waals surface area (Å²) in [6, 6.07) is 13.7. The molecule has 0 aliphatic rings. The normalized spacial score (nSPS) is 13.2. The molecule has 2 aromatic carbocycles. The van der Waals surface area contributed by atoms with Crippen molar-refractivity contribution in [2.45, 2.75) is 83.3 Å². The van der Waals surface area contributed by atoms with Crippen LogP contribution in [0.4, 0.5) is 20.2 Å². The fourth-order valence-electron chi connectivity index (χ4n) is 4.35. The fourth-order valence-corrected chi connectivity index (χ4v) is 5.41. The maximum Gasteiger partial charge on any atom is 0.425 e. The van der Waals surface area contributed by atoms with E-state index in [0.29, 0.717) is 26.5 Å². The summed E-state index contributed by atoms with van der Waals surface area (Å²) in [7, 11) is -3.56. The van der Waals surface area contributed by atoms with Crippen LogP contribution >= 0.6 is 0 Å². The third-order valence-electron chi connectivity index (χ3n) is 6.78. The average molecular weight is 711 g/mol. The lowest BCUT2D eigenvalue weighted by atomic mass is 10.1. The summed E-state index contributed by atoms with van der Waals surface area (Å²) in [5, 5.41) is 12.8. The summed E-state index contributed by atoms with van der Waals surface area (Å²) in [5.74, 6) is -0.350. The van der Waals surface area contributed by atoms with Crippen molar-refractivity contribution in [3.8, 4) is 34.0 Å². The summed E-state index contributed by atoms with van der Waals surface area (Å²) >= 11 is 0. The third-order valence-corrected chi connectivity index (χ3v) is 8.95. The van der Waals surface area contributed by atoms with Crippen molar-refractivity contribution in [1.82, 2.24) is 20.0 Å². The summed E-state index contributed by atoms with van der Waals surface area (Å²) in [4.78, 5) is 48.9. The largest absolute Gasteiger partial charge is 0.465 e. The number of hydrogen-bond donors (Lipinski definition) is 1. The Morgan fingerprint density at radius 2 is 1.44 bits per heavy atom. The molecule has 0 spiro atoms.